The quantitative estimate of drug-likeness (QED) is 0.913. The standard InChI is InChI=1S/C14H14F2N2O/c1-17-13-7-12(8-2-3-8)18-11-5-4-9(6-10(11)13)19-14(15)16/h4-8,14H,2-3H2,1H3,(H,17,18). The van der Waals surface area contributed by atoms with E-state index in [4.69, 9.17) is 0 Å². The summed E-state index contributed by atoms with van der Waals surface area (Å²) in [4.78, 5) is 4.58. The second-order valence-electron chi connectivity index (χ2n) is 4.68. The van der Waals surface area contributed by atoms with Crippen LogP contribution in [0.3, 0.4) is 0 Å². The molecule has 3 nitrogen and oxygen atoms in total. The van der Waals surface area contributed by atoms with Crippen molar-refractivity contribution in [3.8, 4) is 5.75 Å². The number of anilines is 1. The van der Waals surface area contributed by atoms with Gasteiger partial charge in [-0.1, -0.05) is 0 Å². The Morgan fingerprint density at radius 1 is 1.32 bits per heavy atom. The number of nitrogens with one attached hydrogen (secondary N) is 1. The lowest BCUT2D eigenvalue weighted by molar-refractivity contribution is -0.0497. The molecule has 1 N–H and O–H groups in total. The molecule has 1 heterocycles. The van der Waals surface area contributed by atoms with Crippen molar-refractivity contribution in [1.82, 2.24) is 4.98 Å². The minimum atomic E-state index is -2.81. The van der Waals surface area contributed by atoms with Gasteiger partial charge in [0.1, 0.15) is 5.75 Å². The number of pyridine rings is 1. The van der Waals surface area contributed by atoms with Crippen molar-refractivity contribution in [3.05, 3.63) is 30.0 Å². The van der Waals surface area contributed by atoms with Crippen molar-refractivity contribution < 1.29 is 13.5 Å². The van der Waals surface area contributed by atoms with Gasteiger partial charge in [-0.25, -0.2) is 0 Å². The molecule has 3 rings (SSSR count). The van der Waals surface area contributed by atoms with E-state index in [1.165, 1.54) is 18.9 Å². The molecule has 100 valence electrons. The largest absolute Gasteiger partial charge is 0.435 e. The highest BCUT2D eigenvalue weighted by atomic mass is 19.3. The maximum absolute atomic E-state index is 12.2. The van der Waals surface area contributed by atoms with Gasteiger partial charge in [-0.15, -0.1) is 0 Å². The Balaban J connectivity index is 2.08. The third kappa shape index (κ3) is 2.45. The lowest BCUT2D eigenvalue weighted by Gasteiger charge is -2.11. The topological polar surface area (TPSA) is 34.2 Å². The summed E-state index contributed by atoms with van der Waals surface area (Å²) in [5.41, 5.74) is 2.77. The fourth-order valence-electron chi connectivity index (χ4n) is 2.20. The lowest BCUT2D eigenvalue weighted by Crippen LogP contribution is -2.02. The average molecular weight is 264 g/mol. The highest BCUT2D eigenvalue weighted by Crippen LogP contribution is 2.41. The maximum atomic E-state index is 12.2. The molecule has 5 heteroatoms. The minimum Gasteiger partial charge on any atom is -0.435 e. The van der Waals surface area contributed by atoms with Crippen LogP contribution < -0.4 is 10.1 Å². The summed E-state index contributed by atoms with van der Waals surface area (Å²) in [7, 11) is 1.81. The Morgan fingerprint density at radius 3 is 2.74 bits per heavy atom. The first kappa shape index (κ1) is 12.1. The molecular weight excluding hydrogens is 250 g/mol. The van der Waals surface area contributed by atoms with Gasteiger partial charge in [-0.2, -0.15) is 8.78 Å². The molecule has 1 fully saturated rings. The molecule has 1 aliphatic rings. The number of ether oxygens (including phenoxy) is 1. The fraction of sp³-hybridized carbons (Fsp3) is 0.357. The summed E-state index contributed by atoms with van der Waals surface area (Å²) in [5.74, 6) is 0.702. The molecule has 0 bridgehead atoms. The molecule has 1 saturated carbocycles. The molecule has 1 aromatic carbocycles. The highest BCUT2D eigenvalue weighted by molar-refractivity contribution is 5.92. The lowest BCUT2D eigenvalue weighted by atomic mass is 10.1. The third-order valence-corrected chi connectivity index (χ3v) is 3.29. The van der Waals surface area contributed by atoms with Crippen LogP contribution in [0.25, 0.3) is 10.9 Å². The SMILES string of the molecule is CNc1cc(C2CC2)nc2ccc(OC(F)F)cc12. The van der Waals surface area contributed by atoms with Crippen molar-refractivity contribution >= 4 is 16.6 Å². The summed E-state index contributed by atoms with van der Waals surface area (Å²) in [6, 6.07) is 6.83. The molecule has 19 heavy (non-hydrogen) atoms. The van der Waals surface area contributed by atoms with Gasteiger partial charge in [-0.3, -0.25) is 4.98 Å². The summed E-state index contributed by atoms with van der Waals surface area (Å²) in [6.07, 6.45) is 2.35. The predicted octanol–water partition coefficient (Wildman–Crippen LogP) is 3.76. The van der Waals surface area contributed by atoms with E-state index in [1.807, 2.05) is 13.1 Å². The number of hydrogen-bond donors (Lipinski definition) is 1. The number of alkyl halides is 2. The Bertz CT molecular complexity index is 612. The van der Waals surface area contributed by atoms with E-state index in [9.17, 15) is 8.78 Å². The van der Waals surface area contributed by atoms with Crippen molar-refractivity contribution in [2.75, 3.05) is 12.4 Å². The van der Waals surface area contributed by atoms with E-state index >= 15 is 0 Å². The first-order valence-electron chi connectivity index (χ1n) is 6.24. The number of halogens is 2. The average Bonchev–Trinajstić information content (AvgIpc) is 3.21. The van der Waals surface area contributed by atoms with Crippen LogP contribution in [-0.4, -0.2) is 18.6 Å². The Labute approximate surface area is 109 Å². The third-order valence-electron chi connectivity index (χ3n) is 3.29. The zero-order valence-electron chi connectivity index (χ0n) is 10.5. The second-order valence-corrected chi connectivity index (χ2v) is 4.68. The normalized spacial score (nSPS) is 14.9. The zero-order chi connectivity index (χ0) is 13.4. The van der Waals surface area contributed by atoms with Gasteiger partial charge in [-0.05, 0) is 37.1 Å². The number of nitrogens with zero attached hydrogens (tertiary/aromatic N) is 1. The second kappa shape index (κ2) is 4.64. The fourth-order valence-corrected chi connectivity index (χ4v) is 2.20. The number of fused-ring (bicyclic) bond motifs is 1. The van der Waals surface area contributed by atoms with Crippen LogP contribution >= 0.6 is 0 Å². The number of benzene rings is 1. The van der Waals surface area contributed by atoms with Crippen LogP contribution in [0.15, 0.2) is 24.3 Å². The first-order valence-corrected chi connectivity index (χ1v) is 6.24. The smallest absolute Gasteiger partial charge is 0.387 e. The van der Waals surface area contributed by atoms with Crippen molar-refractivity contribution in [2.45, 2.75) is 25.4 Å². The van der Waals surface area contributed by atoms with E-state index in [1.54, 1.807) is 12.1 Å². The molecule has 1 aliphatic carbocycles. The molecule has 0 aliphatic heterocycles. The molecule has 0 atom stereocenters. The molecule has 2 aromatic rings. The Kier molecular flexibility index (Phi) is 2.97. The van der Waals surface area contributed by atoms with Crippen molar-refractivity contribution in [2.24, 2.45) is 0 Å². The van der Waals surface area contributed by atoms with Gasteiger partial charge in [0.2, 0.25) is 0 Å². The van der Waals surface area contributed by atoms with Gasteiger partial charge in [0, 0.05) is 29.7 Å². The zero-order valence-corrected chi connectivity index (χ0v) is 10.5. The molecule has 1 aromatic heterocycles. The first-order chi connectivity index (χ1) is 9.17. The summed E-state index contributed by atoms with van der Waals surface area (Å²) < 4.78 is 28.9. The van der Waals surface area contributed by atoms with E-state index in [-0.39, 0.29) is 5.75 Å². The summed E-state index contributed by atoms with van der Waals surface area (Å²) in [6.45, 7) is -2.81. The molecule has 0 radical (unpaired) electrons. The van der Waals surface area contributed by atoms with E-state index in [0.29, 0.717) is 5.92 Å². The summed E-state index contributed by atoms with van der Waals surface area (Å²) >= 11 is 0. The minimum absolute atomic E-state index is 0.153. The van der Waals surface area contributed by atoms with Crippen LogP contribution in [0, 0.1) is 0 Å². The van der Waals surface area contributed by atoms with Crippen LogP contribution in [-0.2, 0) is 0 Å². The van der Waals surface area contributed by atoms with Gasteiger partial charge >= 0.3 is 6.61 Å². The summed E-state index contributed by atoms with van der Waals surface area (Å²) in [5, 5.41) is 3.89. The van der Waals surface area contributed by atoms with Gasteiger partial charge in [0.25, 0.3) is 0 Å². The molecule has 0 amide bonds. The highest BCUT2D eigenvalue weighted by Gasteiger charge is 2.26. The van der Waals surface area contributed by atoms with Crippen LogP contribution in [0.4, 0.5) is 14.5 Å². The van der Waals surface area contributed by atoms with Gasteiger partial charge in [0.15, 0.2) is 0 Å². The van der Waals surface area contributed by atoms with E-state index in [2.05, 4.69) is 15.0 Å². The van der Waals surface area contributed by atoms with Crippen LogP contribution in [0.2, 0.25) is 0 Å². The molecule has 0 saturated heterocycles. The Hall–Kier alpha value is -1.91. The number of aromatic nitrogens is 1. The van der Waals surface area contributed by atoms with Gasteiger partial charge in [0.05, 0.1) is 5.52 Å². The molecular formula is C14H14F2N2O. The Morgan fingerprint density at radius 2 is 2.11 bits per heavy atom. The van der Waals surface area contributed by atoms with Crippen molar-refractivity contribution in [1.29, 1.82) is 0 Å². The number of hydrogen-bond acceptors (Lipinski definition) is 3. The van der Waals surface area contributed by atoms with Crippen molar-refractivity contribution in [3.63, 3.8) is 0 Å². The van der Waals surface area contributed by atoms with Crippen LogP contribution in [0.5, 0.6) is 5.75 Å². The van der Waals surface area contributed by atoms with E-state index in [0.717, 1.165) is 22.3 Å². The van der Waals surface area contributed by atoms with E-state index < -0.39 is 6.61 Å². The van der Waals surface area contributed by atoms with Gasteiger partial charge < -0.3 is 10.1 Å². The maximum Gasteiger partial charge on any atom is 0.387 e. The monoisotopic (exact) mass is 264 g/mol. The number of rotatable bonds is 4. The van der Waals surface area contributed by atoms with Crippen LogP contribution in [0.1, 0.15) is 24.5 Å². The molecule has 0 unspecified atom stereocenters. The predicted molar refractivity (Wildman–Crippen MR) is 69.9 cm³/mol. The molecule has 0 spiro atoms.